The number of aliphatic hydroxyl groups is 1. The fourth-order valence-electron chi connectivity index (χ4n) is 1.74. The van der Waals surface area contributed by atoms with Crippen molar-refractivity contribution in [2.24, 2.45) is 0 Å². The number of hydrogen-bond donors (Lipinski definition) is 1. The van der Waals surface area contributed by atoms with Gasteiger partial charge in [0.1, 0.15) is 5.75 Å². The van der Waals surface area contributed by atoms with Crippen LogP contribution in [0, 0.1) is 11.8 Å². The van der Waals surface area contributed by atoms with Gasteiger partial charge in [0, 0.05) is 5.56 Å². The van der Waals surface area contributed by atoms with Gasteiger partial charge in [0.15, 0.2) is 6.10 Å². The molecule has 0 fully saturated rings. The predicted octanol–water partition coefficient (Wildman–Crippen LogP) is 3.42. The molecule has 0 aromatic heterocycles. The number of halogens is 2. The first-order valence-corrected chi connectivity index (χ1v) is 6.31. The summed E-state index contributed by atoms with van der Waals surface area (Å²) in [5.74, 6) is 1.21. The lowest BCUT2D eigenvalue weighted by atomic mass is 10.0. The zero-order chi connectivity index (χ0) is 15.3. The van der Waals surface area contributed by atoms with Crippen molar-refractivity contribution in [1.82, 2.24) is 0 Å². The Hall–Kier alpha value is -2.38. The molecule has 0 bridgehead atoms. The Balaban J connectivity index is 2.20. The van der Waals surface area contributed by atoms with Crippen LogP contribution in [0.25, 0.3) is 0 Å². The second-order valence-corrected chi connectivity index (χ2v) is 4.41. The Morgan fingerprint density at radius 3 is 2.24 bits per heavy atom. The van der Waals surface area contributed by atoms with Crippen LogP contribution in [0.2, 0.25) is 0 Å². The van der Waals surface area contributed by atoms with Gasteiger partial charge in [-0.2, -0.15) is 8.78 Å². The highest BCUT2D eigenvalue weighted by Gasteiger charge is 2.37. The number of methoxy groups -OCH3 is 1. The summed E-state index contributed by atoms with van der Waals surface area (Å²) in [5.41, 5.74) is 0.558. The molecule has 2 aromatic carbocycles. The van der Waals surface area contributed by atoms with Crippen molar-refractivity contribution >= 4 is 0 Å². The summed E-state index contributed by atoms with van der Waals surface area (Å²) < 4.78 is 32.8. The van der Waals surface area contributed by atoms with Crippen LogP contribution < -0.4 is 4.74 Å². The lowest BCUT2D eigenvalue weighted by Gasteiger charge is -2.17. The summed E-state index contributed by atoms with van der Waals surface area (Å²) in [7, 11) is 1.48. The third kappa shape index (κ3) is 3.80. The fourth-order valence-corrected chi connectivity index (χ4v) is 1.74. The molecule has 1 N–H and O–H groups in total. The van der Waals surface area contributed by atoms with E-state index in [1.165, 1.54) is 31.4 Å². The Morgan fingerprint density at radius 1 is 1.05 bits per heavy atom. The van der Waals surface area contributed by atoms with E-state index in [0.717, 1.165) is 0 Å². The van der Waals surface area contributed by atoms with E-state index in [1.54, 1.807) is 30.3 Å². The molecule has 0 radical (unpaired) electrons. The number of rotatable bonds is 3. The molecule has 0 aliphatic heterocycles. The van der Waals surface area contributed by atoms with Crippen molar-refractivity contribution in [3.05, 3.63) is 65.7 Å². The van der Waals surface area contributed by atoms with Gasteiger partial charge in [-0.25, -0.2) is 0 Å². The van der Waals surface area contributed by atoms with Crippen LogP contribution in [0.1, 0.15) is 17.2 Å². The van der Waals surface area contributed by atoms with Crippen molar-refractivity contribution in [3.8, 4) is 17.6 Å². The topological polar surface area (TPSA) is 29.5 Å². The molecule has 21 heavy (non-hydrogen) atoms. The minimum absolute atomic E-state index is 0.0863. The SMILES string of the molecule is COc1ccc(C(O)C(F)(F)C#Cc2ccccc2)cc1. The third-order valence-corrected chi connectivity index (χ3v) is 2.92. The van der Waals surface area contributed by atoms with Crippen molar-refractivity contribution < 1.29 is 18.6 Å². The normalized spacial score (nSPS) is 12.2. The van der Waals surface area contributed by atoms with Crippen LogP contribution in [-0.2, 0) is 0 Å². The van der Waals surface area contributed by atoms with Gasteiger partial charge in [0.2, 0.25) is 0 Å². The molecule has 2 aromatic rings. The molecule has 2 nitrogen and oxygen atoms in total. The van der Waals surface area contributed by atoms with Crippen molar-refractivity contribution in [1.29, 1.82) is 0 Å². The minimum atomic E-state index is -3.54. The molecule has 1 unspecified atom stereocenters. The second-order valence-electron chi connectivity index (χ2n) is 4.41. The monoisotopic (exact) mass is 288 g/mol. The molecule has 1 atom stereocenters. The minimum Gasteiger partial charge on any atom is -0.497 e. The van der Waals surface area contributed by atoms with Gasteiger partial charge >= 0.3 is 5.92 Å². The second kappa shape index (κ2) is 6.38. The van der Waals surface area contributed by atoms with Crippen LogP contribution in [0.3, 0.4) is 0 Å². The summed E-state index contributed by atoms with van der Waals surface area (Å²) in [6.45, 7) is 0. The van der Waals surface area contributed by atoms with Crippen molar-refractivity contribution in [2.75, 3.05) is 7.11 Å². The maximum Gasteiger partial charge on any atom is 0.337 e. The zero-order valence-corrected chi connectivity index (χ0v) is 11.4. The van der Waals surface area contributed by atoms with Crippen molar-refractivity contribution in [3.63, 3.8) is 0 Å². The van der Waals surface area contributed by atoms with Gasteiger partial charge in [0.25, 0.3) is 0 Å². The lowest BCUT2D eigenvalue weighted by molar-refractivity contribution is -0.0635. The van der Waals surface area contributed by atoms with Crippen molar-refractivity contribution in [2.45, 2.75) is 12.0 Å². The van der Waals surface area contributed by atoms with E-state index in [1.807, 2.05) is 5.92 Å². The first kappa shape index (κ1) is 15.0. The summed E-state index contributed by atoms with van der Waals surface area (Å²) in [6.07, 6.45) is -1.99. The molecule has 0 amide bonds. The summed E-state index contributed by atoms with van der Waals surface area (Å²) in [4.78, 5) is 0. The number of alkyl halides is 2. The van der Waals surface area contributed by atoms with Crippen LogP contribution in [-0.4, -0.2) is 18.1 Å². The number of benzene rings is 2. The lowest BCUT2D eigenvalue weighted by Crippen LogP contribution is -2.24. The largest absolute Gasteiger partial charge is 0.497 e. The molecule has 0 heterocycles. The first-order chi connectivity index (χ1) is 10.0. The Bertz CT molecular complexity index is 640. The molecular formula is C17H14F2O2. The smallest absolute Gasteiger partial charge is 0.337 e. The number of hydrogen-bond acceptors (Lipinski definition) is 2. The van der Waals surface area contributed by atoms with Gasteiger partial charge in [0.05, 0.1) is 7.11 Å². The van der Waals surface area contributed by atoms with Crippen LogP contribution in [0.15, 0.2) is 54.6 Å². The predicted molar refractivity (Wildman–Crippen MR) is 76.2 cm³/mol. The van der Waals surface area contributed by atoms with Gasteiger partial charge in [-0.05, 0) is 35.7 Å². The molecular weight excluding hydrogens is 274 g/mol. The Morgan fingerprint density at radius 2 is 1.67 bits per heavy atom. The highest BCUT2D eigenvalue weighted by atomic mass is 19.3. The number of aliphatic hydroxyl groups excluding tert-OH is 1. The van der Waals surface area contributed by atoms with Crippen LogP contribution in [0.5, 0.6) is 5.75 Å². The van der Waals surface area contributed by atoms with Gasteiger partial charge in [-0.3, -0.25) is 0 Å². The first-order valence-electron chi connectivity index (χ1n) is 6.31. The van der Waals surface area contributed by atoms with E-state index in [-0.39, 0.29) is 5.56 Å². The molecule has 108 valence electrons. The molecule has 0 spiro atoms. The van der Waals surface area contributed by atoms with E-state index in [0.29, 0.717) is 11.3 Å². The average molecular weight is 288 g/mol. The molecule has 0 saturated heterocycles. The quantitative estimate of drug-likeness (QED) is 0.877. The Labute approximate surface area is 122 Å². The summed E-state index contributed by atoms with van der Waals surface area (Å²) in [5, 5.41) is 9.80. The summed E-state index contributed by atoms with van der Waals surface area (Å²) in [6, 6.07) is 14.3. The number of ether oxygens (including phenoxy) is 1. The zero-order valence-electron chi connectivity index (χ0n) is 11.4. The van der Waals surface area contributed by atoms with Gasteiger partial charge in [-0.1, -0.05) is 36.3 Å². The molecule has 0 aliphatic carbocycles. The molecule has 0 saturated carbocycles. The highest BCUT2D eigenvalue weighted by Crippen LogP contribution is 2.31. The Kier molecular flexibility index (Phi) is 4.56. The van der Waals surface area contributed by atoms with Gasteiger partial charge < -0.3 is 9.84 Å². The van der Waals surface area contributed by atoms with E-state index < -0.39 is 12.0 Å². The molecule has 0 aliphatic rings. The van der Waals surface area contributed by atoms with E-state index in [2.05, 4.69) is 5.92 Å². The van der Waals surface area contributed by atoms with E-state index >= 15 is 0 Å². The fraction of sp³-hybridized carbons (Fsp3) is 0.176. The maximum absolute atomic E-state index is 13.9. The van der Waals surface area contributed by atoms with Crippen LogP contribution >= 0.6 is 0 Å². The molecule has 4 heteroatoms. The molecule has 2 rings (SSSR count). The highest BCUT2D eigenvalue weighted by molar-refractivity contribution is 5.37. The standard InChI is InChI=1S/C17H14F2O2/c1-21-15-9-7-14(8-10-15)16(20)17(18,19)12-11-13-5-3-2-4-6-13/h2-10,16,20H,1H3. The average Bonchev–Trinajstić information content (AvgIpc) is 2.53. The third-order valence-electron chi connectivity index (χ3n) is 2.92. The van der Waals surface area contributed by atoms with E-state index in [9.17, 15) is 13.9 Å². The van der Waals surface area contributed by atoms with Gasteiger partial charge in [-0.15, -0.1) is 0 Å². The van der Waals surface area contributed by atoms with Crippen LogP contribution in [0.4, 0.5) is 8.78 Å². The summed E-state index contributed by atoms with van der Waals surface area (Å²) >= 11 is 0. The maximum atomic E-state index is 13.9. The van der Waals surface area contributed by atoms with E-state index in [4.69, 9.17) is 4.74 Å².